The van der Waals surface area contributed by atoms with Crippen LogP contribution in [-0.4, -0.2) is 19.2 Å². The Bertz CT molecular complexity index is 417. The van der Waals surface area contributed by atoms with Crippen molar-refractivity contribution in [3.63, 3.8) is 0 Å². The van der Waals surface area contributed by atoms with Crippen molar-refractivity contribution >= 4 is 5.97 Å². The van der Waals surface area contributed by atoms with Crippen molar-refractivity contribution in [1.82, 2.24) is 0 Å². The highest BCUT2D eigenvalue weighted by Crippen LogP contribution is 2.34. The molecule has 0 saturated carbocycles. The highest BCUT2D eigenvalue weighted by Gasteiger charge is 2.27. The summed E-state index contributed by atoms with van der Waals surface area (Å²) in [6.07, 6.45) is 1.40. The van der Waals surface area contributed by atoms with Crippen LogP contribution < -0.4 is 4.74 Å². The average Bonchev–Trinajstić information content (AvgIpc) is 2.51. The molecule has 0 bridgehead atoms. The lowest BCUT2D eigenvalue weighted by Gasteiger charge is -2.15. The van der Waals surface area contributed by atoms with E-state index in [0.29, 0.717) is 30.9 Å². The molecule has 1 heterocycles. The van der Waals surface area contributed by atoms with Crippen LogP contribution in [0.1, 0.15) is 31.2 Å². The quantitative estimate of drug-likeness (QED) is 0.743. The minimum atomic E-state index is -0.414. The molecule has 0 spiro atoms. The van der Waals surface area contributed by atoms with Gasteiger partial charge in [-0.25, -0.2) is 4.39 Å². The monoisotopic (exact) mass is 238 g/mol. The van der Waals surface area contributed by atoms with Crippen molar-refractivity contribution in [3.8, 4) is 5.75 Å². The maximum absolute atomic E-state index is 13.2. The standard InChI is InChI=1S/C13H15FO3/c1-2-16-13(15)10-4-3-7-17-12-6-5-9(14)8-11(10)12/h5-6,8,10H,2-4,7H2,1H3. The number of benzene rings is 1. The highest BCUT2D eigenvalue weighted by atomic mass is 19.1. The number of hydrogen-bond acceptors (Lipinski definition) is 3. The Balaban J connectivity index is 2.34. The summed E-state index contributed by atoms with van der Waals surface area (Å²) in [5.74, 6) is -0.487. The maximum atomic E-state index is 13.2. The summed E-state index contributed by atoms with van der Waals surface area (Å²) in [7, 11) is 0. The van der Waals surface area contributed by atoms with E-state index in [2.05, 4.69) is 0 Å². The Hall–Kier alpha value is -1.58. The van der Waals surface area contributed by atoms with Gasteiger partial charge in [-0.1, -0.05) is 0 Å². The molecule has 1 atom stereocenters. The minimum absolute atomic E-state index is 0.301. The molecular weight excluding hydrogens is 223 g/mol. The third kappa shape index (κ3) is 2.57. The van der Waals surface area contributed by atoms with Gasteiger partial charge >= 0.3 is 5.97 Å². The number of carbonyl (C=O) groups is 1. The molecule has 1 aromatic carbocycles. The summed E-state index contributed by atoms with van der Waals surface area (Å²) in [4.78, 5) is 11.8. The van der Waals surface area contributed by atoms with Gasteiger partial charge in [-0.05, 0) is 38.0 Å². The summed E-state index contributed by atoms with van der Waals surface area (Å²) in [5, 5.41) is 0. The molecular formula is C13H15FO3. The molecule has 0 amide bonds. The van der Waals surface area contributed by atoms with Crippen molar-refractivity contribution < 1.29 is 18.7 Å². The van der Waals surface area contributed by atoms with Crippen LogP contribution in [0.15, 0.2) is 18.2 Å². The second-order valence-corrected chi connectivity index (χ2v) is 3.98. The molecule has 92 valence electrons. The summed E-state index contributed by atoms with van der Waals surface area (Å²) in [6, 6.07) is 4.27. The lowest BCUT2D eigenvalue weighted by molar-refractivity contribution is -0.145. The molecule has 1 aromatic rings. The Morgan fingerprint density at radius 3 is 3.18 bits per heavy atom. The van der Waals surface area contributed by atoms with Crippen molar-refractivity contribution in [3.05, 3.63) is 29.6 Å². The normalized spacial score (nSPS) is 18.8. The van der Waals surface area contributed by atoms with Crippen molar-refractivity contribution in [1.29, 1.82) is 0 Å². The van der Waals surface area contributed by atoms with E-state index >= 15 is 0 Å². The van der Waals surface area contributed by atoms with Crippen molar-refractivity contribution in [2.45, 2.75) is 25.7 Å². The lowest BCUT2D eigenvalue weighted by Crippen LogP contribution is -2.15. The molecule has 0 radical (unpaired) electrons. The molecule has 1 aliphatic rings. The molecule has 0 saturated heterocycles. The summed E-state index contributed by atoms with van der Waals surface area (Å²) in [5.41, 5.74) is 0.598. The van der Waals surface area contributed by atoms with Crippen LogP contribution in [0.25, 0.3) is 0 Å². The number of hydrogen-bond donors (Lipinski definition) is 0. The largest absolute Gasteiger partial charge is 0.493 e. The van der Waals surface area contributed by atoms with E-state index in [1.807, 2.05) is 0 Å². The van der Waals surface area contributed by atoms with Gasteiger partial charge in [0.25, 0.3) is 0 Å². The van der Waals surface area contributed by atoms with Crippen LogP contribution in [0.2, 0.25) is 0 Å². The van der Waals surface area contributed by atoms with Crippen molar-refractivity contribution in [2.24, 2.45) is 0 Å². The Labute approximate surface area is 99.5 Å². The topological polar surface area (TPSA) is 35.5 Å². The van der Waals surface area contributed by atoms with Gasteiger partial charge in [0.1, 0.15) is 11.6 Å². The Morgan fingerprint density at radius 1 is 1.59 bits per heavy atom. The molecule has 4 heteroatoms. The molecule has 2 rings (SSSR count). The predicted octanol–water partition coefficient (Wildman–Crippen LogP) is 2.65. The molecule has 0 aliphatic carbocycles. The van der Waals surface area contributed by atoms with Gasteiger partial charge in [-0.2, -0.15) is 0 Å². The second-order valence-electron chi connectivity index (χ2n) is 3.98. The fourth-order valence-corrected chi connectivity index (χ4v) is 2.04. The maximum Gasteiger partial charge on any atom is 0.313 e. The zero-order valence-corrected chi connectivity index (χ0v) is 9.74. The van der Waals surface area contributed by atoms with E-state index in [1.54, 1.807) is 13.0 Å². The third-order valence-corrected chi connectivity index (χ3v) is 2.81. The number of carbonyl (C=O) groups excluding carboxylic acids is 1. The number of rotatable bonds is 2. The average molecular weight is 238 g/mol. The fourth-order valence-electron chi connectivity index (χ4n) is 2.04. The summed E-state index contributed by atoms with van der Waals surface area (Å²) >= 11 is 0. The molecule has 0 aromatic heterocycles. The van der Waals surface area contributed by atoms with E-state index in [-0.39, 0.29) is 11.8 Å². The minimum Gasteiger partial charge on any atom is -0.493 e. The lowest BCUT2D eigenvalue weighted by atomic mass is 9.94. The zero-order chi connectivity index (χ0) is 12.3. The van der Waals surface area contributed by atoms with Crippen LogP contribution in [-0.2, 0) is 9.53 Å². The summed E-state index contributed by atoms with van der Waals surface area (Å²) in [6.45, 7) is 2.65. The van der Waals surface area contributed by atoms with Crippen molar-refractivity contribution in [2.75, 3.05) is 13.2 Å². The second kappa shape index (κ2) is 5.17. The highest BCUT2D eigenvalue weighted by molar-refractivity contribution is 5.79. The zero-order valence-electron chi connectivity index (χ0n) is 9.74. The van der Waals surface area contributed by atoms with E-state index in [9.17, 15) is 9.18 Å². The first kappa shape index (κ1) is 11.9. The van der Waals surface area contributed by atoms with Crippen LogP contribution >= 0.6 is 0 Å². The van der Waals surface area contributed by atoms with Gasteiger partial charge in [-0.3, -0.25) is 4.79 Å². The number of fused-ring (bicyclic) bond motifs is 1. The van der Waals surface area contributed by atoms with E-state index in [1.165, 1.54) is 12.1 Å². The number of esters is 1. The SMILES string of the molecule is CCOC(=O)C1CCCOc2ccc(F)cc21. The van der Waals surface area contributed by atoms with Gasteiger partial charge < -0.3 is 9.47 Å². The van der Waals surface area contributed by atoms with E-state index in [0.717, 1.165) is 6.42 Å². The van der Waals surface area contributed by atoms with E-state index < -0.39 is 5.92 Å². The molecule has 3 nitrogen and oxygen atoms in total. The van der Waals surface area contributed by atoms with Gasteiger partial charge in [0.05, 0.1) is 19.1 Å². The number of ether oxygens (including phenoxy) is 2. The first-order valence-electron chi connectivity index (χ1n) is 5.81. The van der Waals surface area contributed by atoms with Gasteiger partial charge in [0.15, 0.2) is 0 Å². The predicted molar refractivity (Wildman–Crippen MR) is 60.5 cm³/mol. The summed E-state index contributed by atoms with van der Waals surface area (Å²) < 4.78 is 23.7. The Morgan fingerprint density at radius 2 is 2.41 bits per heavy atom. The molecule has 17 heavy (non-hydrogen) atoms. The fraction of sp³-hybridized carbons (Fsp3) is 0.462. The molecule has 1 aliphatic heterocycles. The molecule has 0 N–H and O–H groups in total. The van der Waals surface area contributed by atoms with Crippen LogP contribution in [0.3, 0.4) is 0 Å². The number of halogens is 1. The molecule has 0 fully saturated rings. The first-order chi connectivity index (χ1) is 8.22. The van der Waals surface area contributed by atoms with Crippen LogP contribution in [0.4, 0.5) is 4.39 Å². The smallest absolute Gasteiger partial charge is 0.313 e. The molecule has 1 unspecified atom stereocenters. The Kier molecular flexibility index (Phi) is 3.61. The van der Waals surface area contributed by atoms with Gasteiger partial charge in [0.2, 0.25) is 0 Å². The first-order valence-corrected chi connectivity index (χ1v) is 5.81. The van der Waals surface area contributed by atoms with Crippen LogP contribution in [0, 0.1) is 5.82 Å². The third-order valence-electron chi connectivity index (χ3n) is 2.81. The van der Waals surface area contributed by atoms with E-state index in [4.69, 9.17) is 9.47 Å². The van der Waals surface area contributed by atoms with Crippen LogP contribution in [0.5, 0.6) is 5.75 Å². The van der Waals surface area contributed by atoms with Gasteiger partial charge in [0, 0.05) is 5.56 Å². The van der Waals surface area contributed by atoms with Gasteiger partial charge in [-0.15, -0.1) is 0 Å².